The van der Waals surface area contributed by atoms with Crippen LogP contribution in [0.15, 0.2) is 54.6 Å². The van der Waals surface area contributed by atoms with Crippen molar-refractivity contribution in [3.8, 4) is 28.0 Å². The molecule has 0 N–H and O–H groups in total. The van der Waals surface area contributed by atoms with Gasteiger partial charge in [-0.1, -0.05) is 69.0 Å². The fourth-order valence-electron chi connectivity index (χ4n) is 4.69. The molecule has 3 aromatic carbocycles. The van der Waals surface area contributed by atoms with Crippen molar-refractivity contribution in [1.82, 2.24) is 0 Å². The Morgan fingerprint density at radius 2 is 1.41 bits per heavy atom. The largest absolute Gasteiger partial charge is 0.491 e. The molecule has 0 spiro atoms. The first kappa shape index (κ1) is 27.2. The predicted octanol–water partition coefficient (Wildman–Crippen LogP) is 8.65. The van der Waals surface area contributed by atoms with Gasteiger partial charge in [0.05, 0.1) is 19.8 Å². The summed E-state index contributed by atoms with van der Waals surface area (Å²) in [5.74, 6) is -2.46. The van der Waals surface area contributed by atoms with Crippen LogP contribution in [0.4, 0.5) is 13.2 Å². The van der Waals surface area contributed by atoms with Gasteiger partial charge in [0.15, 0.2) is 17.9 Å². The summed E-state index contributed by atoms with van der Waals surface area (Å²) in [4.78, 5) is 0. The maximum Gasteiger partial charge on any atom is 0.201 e. The number of hydrogen-bond donors (Lipinski definition) is 0. The van der Waals surface area contributed by atoms with Crippen molar-refractivity contribution >= 4 is 0 Å². The average Bonchev–Trinajstić information content (AvgIpc) is 2.92. The zero-order valence-electron chi connectivity index (χ0n) is 21.6. The number of benzene rings is 3. The first-order valence-corrected chi connectivity index (χ1v) is 13.3. The number of hydrogen-bond acceptors (Lipinski definition) is 3. The quantitative estimate of drug-likeness (QED) is 0.241. The zero-order valence-corrected chi connectivity index (χ0v) is 21.6. The van der Waals surface area contributed by atoms with Crippen LogP contribution in [0.5, 0.6) is 5.75 Å². The molecule has 0 radical (unpaired) electrons. The molecule has 0 unspecified atom stereocenters. The van der Waals surface area contributed by atoms with Gasteiger partial charge in [-0.25, -0.2) is 8.78 Å². The Morgan fingerprint density at radius 3 is 2.05 bits per heavy atom. The Kier molecular flexibility index (Phi) is 9.64. The summed E-state index contributed by atoms with van der Waals surface area (Å²) in [6, 6.07) is 14.8. The van der Waals surface area contributed by atoms with Gasteiger partial charge in [-0.2, -0.15) is 4.39 Å². The van der Waals surface area contributed by atoms with E-state index in [-0.39, 0.29) is 35.9 Å². The molecule has 6 heteroatoms. The molecule has 3 aromatic rings. The molecule has 0 aromatic heterocycles. The highest BCUT2D eigenvalue weighted by Crippen LogP contribution is 2.33. The number of rotatable bonds is 11. The van der Waals surface area contributed by atoms with Gasteiger partial charge in [-0.05, 0) is 54.7 Å². The molecule has 1 heterocycles. The lowest BCUT2D eigenvalue weighted by Gasteiger charge is -2.30. The van der Waals surface area contributed by atoms with Crippen molar-refractivity contribution in [1.29, 1.82) is 0 Å². The van der Waals surface area contributed by atoms with Crippen molar-refractivity contribution in [3.05, 3.63) is 77.6 Å². The molecule has 1 aliphatic rings. The lowest BCUT2D eigenvalue weighted by atomic mass is 9.95. The minimum absolute atomic E-state index is 0.0141. The molecule has 1 aliphatic heterocycles. The van der Waals surface area contributed by atoms with Crippen LogP contribution in [0.25, 0.3) is 22.3 Å². The fraction of sp³-hybridized carbons (Fsp3) is 0.419. The topological polar surface area (TPSA) is 27.7 Å². The van der Waals surface area contributed by atoms with Crippen LogP contribution in [0, 0.1) is 17.5 Å². The van der Waals surface area contributed by atoms with E-state index in [1.165, 1.54) is 43.9 Å². The second-order valence-electron chi connectivity index (χ2n) is 9.48. The molecule has 0 aliphatic carbocycles. The van der Waals surface area contributed by atoms with E-state index in [1.54, 1.807) is 37.3 Å². The van der Waals surface area contributed by atoms with Crippen LogP contribution in [0.3, 0.4) is 0 Å². The first-order chi connectivity index (χ1) is 18.0. The highest BCUT2D eigenvalue weighted by Gasteiger charge is 2.24. The third-order valence-corrected chi connectivity index (χ3v) is 6.83. The fourth-order valence-corrected chi connectivity index (χ4v) is 4.69. The van der Waals surface area contributed by atoms with Gasteiger partial charge in [0.25, 0.3) is 0 Å². The van der Waals surface area contributed by atoms with Crippen LogP contribution in [0.2, 0.25) is 0 Å². The molecule has 1 saturated heterocycles. The molecule has 0 amide bonds. The lowest BCUT2D eigenvalue weighted by molar-refractivity contribution is -0.190. The Labute approximate surface area is 217 Å². The highest BCUT2D eigenvalue weighted by atomic mass is 19.2. The summed E-state index contributed by atoms with van der Waals surface area (Å²) in [5.41, 5.74) is 2.55. The average molecular weight is 513 g/mol. The summed E-state index contributed by atoms with van der Waals surface area (Å²) in [5, 5.41) is 0. The van der Waals surface area contributed by atoms with Gasteiger partial charge in [-0.15, -0.1) is 0 Å². The Balaban J connectivity index is 1.38. The molecule has 1 fully saturated rings. The molecule has 4 rings (SSSR count). The van der Waals surface area contributed by atoms with Crippen molar-refractivity contribution in [2.24, 2.45) is 0 Å². The summed E-state index contributed by atoms with van der Waals surface area (Å²) >= 11 is 0. The summed E-state index contributed by atoms with van der Waals surface area (Å²) < 4.78 is 60.8. The Hall–Kier alpha value is -2.83. The van der Waals surface area contributed by atoms with E-state index in [9.17, 15) is 8.78 Å². The van der Waals surface area contributed by atoms with Crippen molar-refractivity contribution in [2.45, 2.75) is 64.6 Å². The van der Waals surface area contributed by atoms with Crippen LogP contribution >= 0.6 is 0 Å². The van der Waals surface area contributed by atoms with Gasteiger partial charge in [0.1, 0.15) is 5.82 Å². The van der Waals surface area contributed by atoms with E-state index in [0.717, 1.165) is 18.4 Å². The van der Waals surface area contributed by atoms with Crippen molar-refractivity contribution < 1.29 is 27.4 Å². The van der Waals surface area contributed by atoms with E-state index < -0.39 is 11.6 Å². The van der Waals surface area contributed by atoms with Gasteiger partial charge < -0.3 is 14.2 Å². The predicted molar refractivity (Wildman–Crippen MR) is 140 cm³/mol. The van der Waals surface area contributed by atoms with E-state index in [2.05, 4.69) is 6.92 Å². The van der Waals surface area contributed by atoms with E-state index >= 15 is 4.39 Å². The second kappa shape index (κ2) is 13.1. The maximum absolute atomic E-state index is 15.1. The van der Waals surface area contributed by atoms with E-state index in [1.807, 2.05) is 6.07 Å². The van der Waals surface area contributed by atoms with Gasteiger partial charge in [0, 0.05) is 17.0 Å². The van der Waals surface area contributed by atoms with Crippen molar-refractivity contribution in [3.63, 3.8) is 0 Å². The van der Waals surface area contributed by atoms with E-state index in [0.29, 0.717) is 29.9 Å². The third kappa shape index (κ3) is 6.74. The zero-order chi connectivity index (χ0) is 26.2. The minimum atomic E-state index is -1.01. The molecule has 0 saturated carbocycles. The lowest BCUT2D eigenvalue weighted by Crippen LogP contribution is -2.30. The molecule has 37 heavy (non-hydrogen) atoms. The maximum atomic E-state index is 15.1. The Morgan fingerprint density at radius 1 is 0.757 bits per heavy atom. The normalized spacial score (nSPS) is 17.6. The minimum Gasteiger partial charge on any atom is -0.491 e. The van der Waals surface area contributed by atoms with E-state index in [4.69, 9.17) is 14.2 Å². The van der Waals surface area contributed by atoms with Gasteiger partial charge in [0.2, 0.25) is 5.82 Å². The Bertz CT molecular complexity index is 1160. The molecular formula is C31H35F3O3. The van der Waals surface area contributed by atoms with Gasteiger partial charge >= 0.3 is 0 Å². The van der Waals surface area contributed by atoms with Crippen molar-refractivity contribution in [2.75, 3.05) is 19.8 Å². The second-order valence-corrected chi connectivity index (χ2v) is 9.48. The van der Waals surface area contributed by atoms with Crippen LogP contribution in [0.1, 0.15) is 63.9 Å². The summed E-state index contributed by atoms with van der Waals surface area (Å²) in [7, 11) is 0. The number of ether oxygens (including phenoxy) is 3. The van der Waals surface area contributed by atoms with Gasteiger partial charge in [-0.3, -0.25) is 0 Å². The third-order valence-electron chi connectivity index (χ3n) is 6.83. The van der Waals surface area contributed by atoms with Crippen LogP contribution < -0.4 is 4.74 Å². The summed E-state index contributed by atoms with van der Waals surface area (Å²) in [6.07, 6.45) is 6.75. The monoisotopic (exact) mass is 512 g/mol. The number of unbranched alkanes of at least 4 members (excludes halogenated alkanes) is 4. The highest BCUT2D eigenvalue weighted by molar-refractivity contribution is 5.71. The summed E-state index contributed by atoms with van der Waals surface area (Å²) in [6.45, 7) is 5.18. The van der Waals surface area contributed by atoms with Crippen LogP contribution in [-0.4, -0.2) is 26.1 Å². The molecule has 3 nitrogen and oxygen atoms in total. The molecular weight excluding hydrogens is 477 g/mol. The molecule has 198 valence electrons. The molecule has 0 bridgehead atoms. The number of halogens is 3. The standard InChI is InChI=1S/C31H35F3O3/c1-3-5-6-7-8-9-29-36-19-24(20-37-29)23-14-15-25(27(32)18-23)21-10-12-22(13-11-21)26-16-17-28(35-4-2)31(34)30(26)33/h10-18,24,29H,3-9,19-20H2,1-2H3. The molecule has 0 atom stereocenters. The first-order valence-electron chi connectivity index (χ1n) is 13.3. The van der Waals surface area contributed by atoms with Crippen LogP contribution in [-0.2, 0) is 9.47 Å². The smallest absolute Gasteiger partial charge is 0.201 e. The SMILES string of the molecule is CCCCCCCC1OCC(c2ccc(-c3ccc(-c4ccc(OCC)c(F)c4F)cc3)c(F)c2)CO1.